The minimum atomic E-state index is -0.0957. The van der Waals surface area contributed by atoms with Crippen LogP contribution in [0.3, 0.4) is 0 Å². The molecule has 146 valence electrons. The van der Waals surface area contributed by atoms with Crippen LogP contribution in [0.4, 0.5) is 5.69 Å². The second kappa shape index (κ2) is 9.69. The minimum absolute atomic E-state index is 0. The molecule has 1 heterocycles. The van der Waals surface area contributed by atoms with Crippen molar-refractivity contribution in [2.45, 2.75) is 25.4 Å². The Labute approximate surface area is 176 Å². The van der Waals surface area contributed by atoms with Crippen LogP contribution < -0.4 is 17.7 Å². The van der Waals surface area contributed by atoms with Crippen LogP contribution in [-0.4, -0.2) is 43.7 Å². The molecule has 2 aromatic rings. The summed E-state index contributed by atoms with van der Waals surface area (Å²) in [5.41, 5.74) is 2.70. The lowest BCUT2D eigenvalue weighted by Gasteiger charge is -2.40. The second-order valence-corrected chi connectivity index (χ2v) is 8.36. The fraction of sp³-hybridized carbons (Fsp3) is 0.381. The van der Waals surface area contributed by atoms with E-state index in [9.17, 15) is 4.79 Å². The third kappa shape index (κ3) is 6.04. The van der Waals surface area contributed by atoms with Crippen LogP contribution >= 0.6 is 15.9 Å². The smallest absolute Gasteiger partial charge is 0.255 e. The zero-order valence-electron chi connectivity index (χ0n) is 15.8. The Morgan fingerprint density at radius 3 is 2.56 bits per heavy atom. The Kier molecular flexibility index (Phi) is 7.86. The van der Waals surface area contributed by atoms with E-state index in [2.05, 4.69) is 47.5 Å². The molecule has 6 heteroatoms. The van der Waals surface area contributed by atoms with Crippen molar-refractivity contribution in [1.29, 1.82) is 0 Å². The molecule has 0 bridgehead atoms. The van der Waals surface area contributed by atoms with Crippen LogP contribution in [0.5, 0.6) is 0 Å². The molecule has 1 saturated heterocycles. The summed E-state index contributed by atoms with van der Waals surface area (Å²) < 4.78 is 7.33. The van der Waals surface area contributed by atoms with E-state index >= 15 is 0 Å². The monoisotopic (exact) mass is 452 g/mol. The van der Waals surface area contributed by atoms with Gasteiger partial charge in [0.15, 0.2) is 0 Å². The molecule has 27 heavy (non-hydrogen) atoms. The fourth-order valence-electron chi connectivity index (χ4n) is 3.56. The Bertz CT molecular complexity index is 776. The lowest BCUT2D eigenvalue weighted by Crippen LogP contribution is -3.00. The molecule has 0 unspecified atom stereocenters. The van der Waals surface area contributed by atoms with Gasteiger partial charge in [-0.1, -0.05) is 34.1 Å². The first kappa shape index (κ1) is 21.9. The highest BCUT2D eigenvalue weighted by atomic mass is 79.9. The van der Waals surface area contributed by atoms with E-state index in [1.54, 1.807) is 0 Å². The summed E-state index contributed by atoms with van der Waals surface area (Å²) in [4.78, 5) is 12.5. The molecule has 0 aromatic heterocycles. The number of halogens is 2. The van der Waals surface area contributed by atoms with E-state index in [1.165, 1.54) is 5.56 Å². The predicted octanol–water partition coefficient (Wildman–Crippen LogP) is 1.46. The summed E-state index contributed by atoms with van der Waals surface area (Å²) in [7, 11) is 4.56. The molecule has 2 aromatic carbocycles. The summed E-state index contributed by atoms with van der Waals surface area (Å²) in [6.07, 6.45) is 2.21. The van der Waals surface area contributed by atoms with Gasteiger partial charge in [0, 0.05) is 34.1 Å². The van der Waals surface area contributed by atoms with E-state index in [4.69, 9.17) is 4.74 Å². The highest BCUT2D eigenvalue weighted by Crippen LogP contribution is 2.23. The average molecular weight is 454 g/mol. The number of amides is 1. The van der Waals surface area contributed by atoms with Crippen molar-refractivity contribution >= 4 is 27.5 Å². The molecule has 1 fully saturated rings. The van der Waals surface area contributed by atoms with Gasteiger partial charge >= 0.3 is 0 Å². The normalized spacial score (nSPS) is 15.1. The number of ether oxygens (including phenoxy) is 1. The highest BCUT2D eigenvalue weighted by Gasteiger charge is 2.30. The molecule has 1 amide bonds. The molecule has 0 spiro atoms. The number of carbonyl (C=O) groups excluding carboxylic acids is 1. The Hall–Kier alpha value is -1.40. The number of nitrogens with zero attached hydrogens (tertiary/aromatic N) is 1. The van der Waals surface area contributed by atoms with Crippen LogP contribution in [0.25, 0.3) is 0 Å². The average Bonchev–Trinajstić information content (AvgIpc) is 2.62. The van der Waals surface area contributed by atoms with E-state index in [0.717, 1.165) is 47.2 Å². The van der Waals surface area contributed by atoms with Gasteiger partial charge in [-0.3, -0.25) is 4.79 Å². The topological polar surface area (TPSA) is 38.3 Å². The van der Waals surface area contributed by atoms with Gasteiger partial charge in [0.25, 0.3) is 5.91 Å². The zero-order valence-corrected chi connectivity index (χ0v) is 18.1. The minimum Gasteiger partial charge on any atom is -1.00 e. The van der Waals surface area contributed by atoms with Gasteiger partial charge in [-0.25, -0.2) is 0 Å². The van der Waals surface area contributed by atoms with Crippen molar-refractivity contribution in [3.05, 3.63) is 64.1 Å². The van der Waals surface area contributed by atoms with Gasteiger partial charge < -0.3 is 26.9 Å². The molecule has 3 rings (SSSR count). The Morgan fingerprint density at radius 1 is 1.15 bits per heavy atom. The lowest BCUT2D eigenvalue weighted by molar-refractivity contribution is -0.929. The lowest BCUT2D eigenvalue weighted by atomic mass is 10.0. The standard InChI is InChI=1S/C21H25BrN2O2.ClH/c1-24(2,20-9-11-26-12-10-20)15-16-5-3-8-19(13-16)23-21(25)17-6-4-7-18(22)14-17;/h3-8,13-14,20H,9-12,15H2,1-2H3;1H. The predicted molar refractivity (Wildman–Crippen MR) is 108 cm³/mol. The molecule has 0 atom stereocenters. The van der Waals surface area contributed by atoms with Crippen LogP contribution in [0.15, 0.2) is 53.0 Å². The quantitative estimate of drug-likeness (QED) is 0.696. The van der Waals surface area contributed by atoms with E-state index in [0.29, 0.717) is 11.6 Å². The summed E-state index contributed by atoms with van der Waals surface area (Å²) >= 11 is 3.41. The van der Waals surface area contributed by atoms with E-state index in [1.807, 2.05) is 36.4 Å². The van der Waals surface area contributed by atoms with E-state index < -0.39 is 0 Å². The van der Waals surface area contributed by atoms with Crippen molar-refractivity contribution in [2.24, 2.45) is 0 Å². The summed E-state index contributed by atoms with van der Waals surface area (Å²) in [5, 5.41) is 3.00. The van der Waals surface area contributed by atoms with Crippen molar-refractivity contribution in [1.82, 2.24) is 0 Å². The number of nitrogens with one attached hydrogen (secondary N) is 1. The Balaban J connectivity index is 0.00000261. The number of carbonyl (C=O) groups is 1. The first-order chi connectivity index (χ1) is 12.4. The van der Waals surface area contributed by atoms with Crippen molar-refractivity contribution < 1.29 is 26.4 Å². The zero-order chi connectivity index (χ0) is 18.6. The maximum absolute atomic E-state index is 12.5. The molecular weight excluding hydrogens is 428 g/mol. The maximum atomic E-state index is 12.5. The van der Waals surface area contributed by atoms with Crippen molar-refractivity contribution in [3.8, 4) is 0 Å². The summed E-state index contributed by atoms with van der Waals surface area (Å²) in [5.74, 6) is -0.0957. The van der Waals surface area contributed by atoms with Gasteiger partial charge in [-0.2, -0.15) is 0 Å². The molecule has 0 saturated carbocycles. The van der Waals surface area contributed by atoms with Crippen LogP contribution in [0.2, 0.25) is 0 Å². The molecule has 1 aliphatic rings. The van der Waals surface area contributed by atoms with Gasteiger partial charge in [0.1, 0.15) is 6.54 Å². The first-order valence-electron chi connectivity index (χ1n) is 9.00. The van der Waals surface area contributed by atoms with Crippen molar-refractivity contribution in [3.63, 3.8) is 0 Å². The molecular formula is C21H26BrClN2O2. The highest BCUT2D eigenvalue weighted by molar-refractivity contribution is 9.10. The van der Waals surface area contributed by atoms with Gasteiger partial charge in [0.05, 0.1) is 33.4 Å². The Morgan fingerprint density at radius 2 is 1.85 bits per heavy atom. The number of hydrogen-bond acceptors (Lipinski definition) is 2. The summed E-state index contributed by atoms with van der Waals surface area (Å²) in [6, 6.07) is 16.2. The van der Waals surface area contributed by atoms with Crippen LogP contribution in [-0.2, 0) is 11.3 Å². The summed E-state index contributed by atoms with van der Waals surface area (Å²) in [6.45, 7) is 2.65. The fourth-order valence-corrected chi connectivity index (χ4v) is 3.96. The third-order valence-electron chi connectivity index (χ3n) is 5.04. The third-order valence-corrected chi connectivity index (χ3v) is 5.53. The molecule has 1 N–H and O–H groups in total. The van der Waals surface area contributed by atoms with Gasteiger partial charge in [-0.15, -0.1) is 0 Å². The number of hydrogen-bond donors (Lipinski definition) is 1. The number of benzene rings is 2. The van der Waals surface area contributed by atoms with Crippen LogP contribution in [0, 0.1) is 0 Å². The van der Waals surface area contributed by atoms with Gasteiger partial charge in [0.2, 0.25) is 0 Å². The maximum Gasteiger partial charge on any atom is 0.255 e. The van der Waals surface area contributed by atoms with Crippen LogP contribution in [0.1, 0.15) is 28.8 Å². The SMILES string of the molecule is C[N+](C)(Cc1cccc(NC(=O)c2cccc(Br)c2)c1)C1CCOCC1.[Cl-]. The largest absolute Gasteiger partial charge is 1.00 e. The van der Waals surface area contributed by atoms with E-state index in [-0.39, 0.29) is 18.3 Å². The second-order valence-electron chi connectivity index (χ2n) is 7.45. The first-order valence-corrected chi connectivity index (χ1v) is 9.80. The van der Waals surface area contributed by atoms with Crippen molar-refractivity contribution in [2.75, 3.05) is 32.6 Å². The molecule has 0 aliphatic carbocycles. The van der Waals surface area contributed by atoms with Gasteiger partial charge in [-0.05, 0) is 30.3 Å². The number of anilines is 1. The molecule has 0 radical (unpaired) electrons. The molecule has 4 nitrogen and oxygen atoms in total. The molecule has 1 aliphatic heterocycles. The number of quaternary nitrogens is 1. The number of rotatable bonds is 5.